The predicted octanol–water partition coefficient (Wildman–Crippen LogP) is 2.99. The average Bonchev–Trinajstić information content (AvgIpc) is 2.71. The lowest BCUT2D eigenvalue weighted by molar-refractivity contribution is -0.141. The van der Waals surface area contributed by atoms with Crippen molar-refractivity contribution < 1.29 is 13.2 Å². The first kappa shape index (κ1) is 17.0. The summed E-state index contributed by atoms with van der Waals surface area (Å²) in [4.78, 5) is 7.18. The van der Waals surface area contributed by atoms with Crippen LogP contribution in [0.5, 0.6) is 0 Å². The monoisotopic (exact) mass is 310 g/mol. The molecule has 0 bridgehead atoms. The number of nitrogens with zero attached hydrogens (tertiary/aromatic N) is 2. The zero-order valence-corrected chi connectivity index (χ0v) is 11.9. The maximum Gasteiger partial charge on any atom is 0.434 e. The van der Waals surface area contributed by atoms with Crippen molar-refractivity contribution in [3.63, 3.8) is 0 Å². The van der Waals surface area contributed by atoms with Gasteiger partial charge in [-0.05, 0) is 25.7 Å². The van der Waals surface area contributed by atoms with E-state index in [-0.39, 0.29) is 24.0 Å². The summed E-state index contributed by atoms with van der Waals surface area (Å²) < 4.78 is 37.2. The number of rotatable bonds is 3. The molecule has 0 aromatic carbocycles. The lowest BCUT2D eigenvalue weighted by atomic mass is 9.90. The molecule has 1 saturated carbocycles. The number of anilines is 1. The maximum atomic E-state index is 12.4. The van der Waals surface area contributed by atoms with Gasteiger partial charge in [-0.1, -0.05) is 6.92 Å². The standard InChI is InChI=1S/C12H17F3N4.ClH/c1-2-11(5-3-4-8(11)16)19-10-7-17-9(6-18-10)12(13,14)15;/h6-8H,2-5,16H2,1H3,(H,18,19);1H. The fraction of sp³-hybridized carbons (Fsp3) is 0.667. The van der Waals surface area contributed by atoms with Crippen molar-refractivity contribution in [3.05, 3.63) is 18.1 Å². The van der Waals surface area contributed by atoms with E-state index in [1.807, 2.05) is 6.92 Å². The molecule has 0 saturated heterocycles. The number of hydrogen-bond donors (Lipinski definition) is 2. The quantitative estimate of drug-likeness (QED) is 0.901. The Bertz CT molecular complexity index is 437. The first-order valence-electron chi connectivity index (χ1n) is 6.30. The normalized spacial score (nSPS) is 26.1. The van der Waals surface area contributed by atoms with Crippen LogP contribution in [0.4, 0.5) is 19.0 Å². The second-order valence-electron chi connectivity index (χ2n) is 4.92. The van der Waals surface area contributed by atoms with Crippen LogP contribution in [-0.2, 0) is 6.18 Å². The molecular weight excluding hydrogens is 293 g/mol. The third-order valence-corrected chi connectivity index (χ3v) is 3.80. The van der Waals surface area contributed by atoms with E-state index in [2.05, 4.69) is 15.3 Å². The van der Waals surface area contributed by atoms with Gasteiger partial charge in [0.2, 0.25) is 0 Å². The zero-order chi connectivity index (χ0) is 14.1. The molecule has 4 nitrogen and oxygen atoms in total. The molecule has 1 aliphatic rings. The highest BCUT2D eigenvalue weighted by molar-refractivity contribution is 5.85. The van der Waals surface area contributed by atoms with Crippen molar-refractivity contribution in [2.45, 2.75) is 50.4 Å². The highest BCUT2D eigenvalue weighted by Gasteiger charge is 2.39. The molecule has 1 fully saturated rings. The van der Waals surface area contributed by atoms with Crippen LogP contribution in [0, 0.1) is 0 Å². The summed E-state index contributed by atoms with van der Waals surface area (Å²) in [5.74, 6) is 0.340. The van der Waals surface area contributed by atoms with E-state index in [0.717, 1.165) is 38.1 Å². The van der Waals surface area contributed by atoms with Gasteiger partial charge in [-0.2, -0.15) is 13.2 Å². The van der Waals surface area contributed by atoms with Crippen molar-refractivity contribution in [1.82, 2.24) is 9.97 Å². The van der Waals surface area contributed by atoms with E-state index in [1.54, 1.807) is 0 Å². The third kappa shape index (κ3) is 3.32. The number of nitrogens with two attached hydrogens (primary N) is 1. The van der Waals surface area contributed by atoms with E-state index in [4.69, 9.17) is 5.73 Å². The van der Waals surface area contributed by atoms with Crippen molar-refractivity contribution in [2.75, 3.05) is 5.32 Å². The van der Waals surface area contributed by atoms with Crippen LogP contribution in [0.1, 0.15) is 38.3 Å². The largest absolute Gasteiger partial charge is 0.434 e. The van der Waals surface area contributed by atoms with Crippen molar-refractivity contribution >= 4 is 18.2 Å². The van der Waals surface area contributed by atoms with E-state index in [1.165, 1.54) is 0 Å². The van der Waals surface area contributed by atoms with Gasteiger partial charge in [-0.15, -0.1) is 12.4 Å². The van der Waals surface area contributed by atoms with E-state index < -0.39 is 11.9 Å². The average molecular weight is 311 g/mol. The summed E-state index contributed by atoms with van der Waals surface area (Å²) >= 11 is 0. The minimum absolute atomic E-state index is 0. The molecule has 0 radical (unpaired) electrons. The van der Waals surface area contributed by atoms with Crippen LogP contribution in [0.25, 0.3) is 0 Å². The topological polar surface area (TPSA) is 63.8 Å². The van der Waals surface area contributed by atoms with E-state index >= 15 is 0 Å². The Hall–Kier alpha value is -1.08. The summed E-state index contributed by atoms with van der Waals surface area (Å²) in [7, 11) is 0. The Balaban J connectivity index is 0.00000200. The molecule has 1 aromatic heterocycles. The number of nitrogens with one attached hydrogen (secondary N) is 1. The summed E-state index contributed by atoms with van der Waals surface area (Å²) in [5, 5.41) is 3.17. The Morgan fingerprint density at radius 1 is 1.40 bits per heavy atom. The molecule has 1 aliphatic carbocycles. The molecule has 1 heterocycles. The van der Waals surface area contributed by atoms with Gasteiger partial charge in [-0.25, -0.2) is 9.97 Å². The fourth-order valence-electron chi connectivity index (χ4n) is 2.58. The van der Waals surface area contributed by atoms with Gasteiger partial charge in [0, 0.05) is 6.04 Å². The lowest BCUT2D eigenvalue weighted by Crippen LogP contribution is -2.49. The van der Waals surface area contributed by atoms with Gasteiger partial charge in [-0.3, -0.25) is 0 Å². The van der Waals surface area contributed by atoms with Crippen LogP contribution in [0.3, 0.4) is 0 Å². The smallest absolute Gasteiger partial charge is 0.362 e. The molecule has 3 N–H and O–H groups in total. The minimum atomic E-state index is -4.46. The molecule has 0 spiro atoms. The summed E-state index contributed by atoms with van der Waals surface area (Å²) in [6.45, 7) is 2.01. The third-order valence-electron chi connectivity index (χ3n) is 3.80. The van der Waals surface area contributed by atoms with Gasteiger partial charge >= 0.3 is 6.18 Å². The molecule has 1 aromatic rings. The Morgan fingerprint density at radius 3 is 2.50 bits per heavy atom. The SMILES string of the molecule is CCC1(Nc2cnc(C(F)(F)F)cn2)CCCC1N.Cl. The van der Waals surface area contributed by atoms with Crippen LogP contribution < -0.4 is 11.1 Å². The zero-order valence-electron chi connectivity index (χ0n) is 11.1. The fourth-order valence-corrected chi connectivity index (χ4v) is 2.58. The summed E-state index contributed by atoms with van der Waals surface area (Å²) in [6.07, 6.45) is 1.02. The Kier molecular flexibility index (Phi) is 5.21. The van der Waals surface area contributed by atoms with Crippen molar-refractivity contribution in [2.24, 2.45) is 5.73 Å². The molecule has 2 rings (SSSR count). The van der Waals surface area contributed by atoms with E-state index in [9.17, 15) is 13.2 Å². The first-order valence-corrected chi connectivity index (χ1v) is 6.30. The number of halogens is 4. The maximum absolute atomic E-state index is 12.4. The van der Waals surface area contributed by atoms with Crippen molar-refractivity contribution in [3.8, 4) is 0 Å². The number of hydrogen-bond acceptors (Lipinski definition) is 4. The number of alkyl halides is 3. The second-order valence-corrected chi connectivity index (χ2v) is 4.92. The van der Waals surface area contributed by atoms with Crippen LogP contribution in [0.2, 0.25) is 0 Å². The molecule has 0 amide bonds. The predicted molar refractivity (Wildman–Crippen MR) is 72.8 cm³/mol. The van der Waals surface area contributed by atoms with Gasteiger partial charge in [0.1, 0.15) is 5.82 Å². The minimum Gasteiger partial charge on any atom is -0.362 e. The van der Waals surface area contributed by atoms with Crippen molar-refractivity contribution in [1.29, 1.82) is 0 Å². The Labute approximate surface area is 121 Å². The van der Waals surface area contributed by atoms with Gasteiger partial charge in [0.05, 0.1) is 17.9 Å². The van der Waals surface area contributed by atoms with Crippen LogP contribution >= 0.6 is 12.4 Å². The molecule has 20 heavy (non-hydrogen) atoms. The van der Waals surface area contributed by atoms with E-state index in [0.29, 0.717) is 5.82 Å². The molecule has 114 valence electrons. The first-order chi connectivity index (χ1) is 8.87. The molecular formula is C12H18ClF3N4. The highest BCUT2D eigenvalue weighted by Crippen LogP contribution is 2.34. The van der Waals surface area contributed by atoms with Crippen LogP contribution in [-0.4, -0.2) is 21.5 Å². The highest BCUT2D eigenvalue weighted by atomic mass is 35.5. The van der Waals surface area contributed by atoms with Gasteiger partial charge < -0.3 is 11.1 Å². The van der Waals surface area contributed by atoms with Gasteiger partial charge in [0.15, 0.2) is 5.69 Å². The summed E-state index contributed by atoms with van der Waals surface area (Å²) in [6, 6.07) is -0.0124. The second kappa shape index (κ2) is 6.13. The Morgan fingerprint density at radius 2 is 2.10 bits per heavy atom. The molecule has 2 unspecified atom stereocenters. The molecule has 0 aliphatic heterocycles. The molecule has 8 heteroatoms. The number of aromatic nitrogens is 2. The van der Waals surface area contributed by atoms with Gasteiger partial charge in [0.25, 0.3) is 0 Å². The van der Waals surface area contributed by atoms with Crippen LogP contribution in [0.15, 0.2) is 12.4 Å². The summed E-state index contributed by atoms with van der Waals surface area (Å²) in [5.41, 5.74) is 4.81. The molecule has 2 atom stereocenters. The lowest BCUT2D eigenvalue weighted by Gasteiger charge is -2.34.